The lowest BCUT2D eigenvalue weighted by Gasteiger charge is -2.35. The first-order chi connectivity index (χ1) is 17.9. The van der Waals surface area contributed by atoms with E-state index < -0.39 is 23.1 Å². The summed E-state index contributed by atoms with van der Waals surface area (Å²) in [4.78, 5) is 0. The van der Waals surface area contributed by atoms with Gasteiger partial charge in [-0.15, -0.1) is 0 Å². The fourth-order valence-electron chi connectivity index (χ4n) is 5.11. The topological polar surface area (TPSA) is 58.9 Å². The molecule has 0 fully saturated rings. The van der Waals surface area contributed by atoms with Crippen molar-refractivity contribution in [1.29, 1.82) is 0 Å². The minimum absolute atomic E-state index is 0.0645. The number of hydrogen-bond donors (Lipinski definition) is 2. The predicted molar refractivity (Wildman–Crippen MR) is 139 cm³/mol. The molecule has 2 heterocycles. The van der Waals surface area contributed by atoms with E-state index in [1.165, 1.54) is 18.2 Å². The van der Waals surface area contributed by atoms with E-state index in [-0.39, 0.29) is 34.5 Å². The Morgan fingerprint density at radius 3 is 2.00 bits per heavy atom. The van der Waals surface area contributed by atoms with Gasteiger partial charge in [-0.1, -0.05) is 29.8 Å². The fourth-order valence-corrected chi connectivity index (χ4v) is 5.11. The summed E-state index contributed by atoms with van der Waals surface area (Å²) in [5, 5.41) is 18.9. The van der Waals surface area contributed by atoms with Gasteiger partial charge in [0.2, 0.25) is 0 Å². The van der Waals surface area contributed by atoms with Gasteiger partial charge < -0.3 is 19.7 Å². The van der Waals surface area contributed by atoms with Crippen molar-refractivity contribution in [2.45, 2.75) is 46.3 Å². The average Bonchev–Trinajstić information content (AvgIpc) is 2.79. The van der Waals surface area contributed by atoms with Crippen molar-refractivity contribution >= 4 is 0 Å². The molecular weight excluding hydrogens is 493 g/mol. The van der Waals surface area contributed by atoms with Gasteiger partial charge in [0, 0.05) is 41.0 Å². The third-order valence-corrected chi connectivity index (χ3v) is 6.79. The second kappa shape index (κ2) is 9.01. The first kappa shape index (κ1) is 25.5. The summed E-state index contributed by atoms with van der Waals surface area (Å²) < 4.78 is 53.9. The molecule has 6 rings (SSSR count). The third kappa shape index (κ3) is 4.32. The molecule has 0 spiro atoms. The molecule has 0 saturated carbocycles. The molecule has 4 aromatic rings. The molecule has 2 N–H and O–H groups in total. The van der Waals surface area contributed by atoms with Gasteiger partial charge in [0.05, 0.1) is 11.1 Å². The van der Waals surface area contributed by atoms with Crippen LogP contribution >= 0.6 is 0 Å². The van der Waals surface area contributed by atoms with Crippen LogP contribution in [0, 0.1) is 31.3 Å². The van der Waals surface area contributed by atoms with E-state index in [9.17, 15) is 23.4 Å². The molecule has 38 heavy (non-hydrogen) atoms. The maximum absolute atomic E-state index is 14.4. The molecule has 1 unspecified atom stereocenters. The molecule has 0 radical (unpaired) electrons. The van der Waals surface area contributed by atoms with Crippen molar-refractivity contribution in [3.05, 3.63) is 94.3 Å². The Balaban J connectivity index is 0.000000156. The van der Waals surface area contributed by atoms with Gasteiger partial charge in [-0.2, -0.15) is 0 Å². The Morgan fingerprint density at radius 1 is 0.711 bits per heavy atom. The first-order valence-corrected chi connectivity index (χ1v) is 12.2. The quantitative estimate of drug-likeness (QED) is 0.245. The zero-order valence-electron chi connectivity index (χ0n) is 21.6. The van der Waals surface area contributed by atoms with Crippen molar-refractivity contribution in [3.8, 4) is 45.3 Å². The van der Waals surface area contributed by atoms with Gasteiger partial charge in [0.15, 0.2) is 0 Å². The molecule has 1 atom stereocenters. The fraction of sp³-hybridized carbons (Fsp3) is 0.226. The molecule has 2 aliphatic heterocycles. The normalized spacial score (nSPS) is 15.9. The maximum Gasteiger partial charge on any atom is 0.138 e. The van der Waals surface area contributed by atoms with Crippen LogP contribution in [0.3, 0.4) is 0 Å². The van der Waals surface area contributed by atoms with Crippen LogP contribution in [0.2, 0.25) is 0 Å². The summed E-state index contributed by atoms with van der Waals surface area (Å²) in [5.74, 6) is -1.44. The molecule has 0 aliphatic carbocycles. The van der Waals surface area contributed by atoms with Gasteiger partial charge in [0.25, 0.3) is 0 Å². The summed E-state index contributed by atoms with van der Waals surface area (Å²) in [7, 11) is 0. The minimum atomic E-state index is -0.796. The number of halogens is 3. The summed E-state index contributed by atoms with van der Waals surface area (Å²) in [6, 6.07) is 13.9. The zero-order valence-corrected chi connectivity index (χ0v) is 21.6. The zero-order chi connectivity index (χ0) is 27.5. The lowest BCUT2D eigenvalue weighted by atomic mass is 9.84. The van der Waals surface area contributed by atoms with Crippen LogP contribution in [0.15, 0.2) is 54.6 Å². The second-order valence-electron chi connectivity index (χ2n) is 10.2. The number of phenolic OH excluding ortho intramolecular Hbond substituents is 2. The van der Waals surface area contributed by atoms with Crippen molar-refractivity contribution in [2.75, 3.05) is 0 Å². The second-order valence-corrected chi connectivity index (χ2v) is 10.2. The van der Waals surface area contributed by atoms with Crippen LogP contribution < -0.4 is 9.47 Å². The molecule has 0 bridgehead atoms. The largest absolute Gasteiger partial charge is 0.508 e. The first-order valence-electron chi connectivity index (χ1n) is 12.2. The van der Waals surface area contributed by atoms with E-state index >= 15 is 0 Å². The number of hydrogen-bond acceptors (Lipinski definition) is 4. The van der Waals surface area contributed by atoms with E-state index in [1.54, 1.807) is 26.8 Å². The Hall–Kier alpha value is -4.13. The molecule has 0 amide bonds. The number of ether oxygens (including phenoxy) is 2. The van der Waals surface area contributed by atoms with Gasteiger partial charge in [-0.05, 0) is 51.8 Å². The molecule has 2 aliphatic rings. The Morgan fingerprint density at radius 2 is 1.32 bits per heavy atom. The van der Waals surface area contributed by atoms with Crippen molar-refractivity contribution in [2.24, 2.45) is 0 Å². The summed E-state index contributed by atoms with van der Waals surface area (Å²) in [5.41, 5.74) is 4.20. The summed E-state index contributed by atoms with van der Waals surface area (Å²) in [6.07, 6.45) is -0.145. The maximum atomic E-state index is 14.4. The van der Waals surface area contributed by atoms with Crippen LogP contribution in [0.25, 0.3) is 22.3 Å². The van der Waals surface area contributed by atoms with Crippen LogP contribution in [0.5, 0.6) is 23.0 Å². The van der Waals surface area contributed by atoms with Gasteiger partial charge >= 0.3 is 0 Å². The highest BCUT2D eigenvalue weighted by Gasteiger charge is 2.36. The van der Waals surface area contributed by atoms with Crippen molar-refractivity contribution in [3.63, 3.8) is 0 Å². The third-order valence-electron chi connectivity index (χ3n) is 6.79. The average molecular weight is 521 g/mol. The predicted octanol–water partition coefficient (Wildman–Crippen LogP) is 8.23. The van der Waals surface area contributed by atoms with Crippen molar-refractivity contribution in [1.82, 2.24) is 0 Å². The molecule has 0 saturated heterocycles. The lowest BCUT2D eigenvalue weighted by molar-refractivity contribution is 0.104. The summed E-state index contributed by atoms with van der Waals surface area (Å²) in [6.45, 7) is 9.27. The van der Waals surface area contributed by atoms with Crippen LogP contribution in [-0.2, 0) is 5.60 Å². The number of rotatable bonds is 0. The van der Waals surface area contributed by atoms with Gasteiger partial charge in [-0.25, -0.2) is 13.2 Å². The molecule has 196 valence electrons. The minimum Gasteiger partial charge on any atom is -0.508 e. The monoisotopic (exact) mass is 520 g/mol. The van der Waals surface area contributed by atoms with E-state index in [4.69, 9.17) is 9.47 Å². The SMILES string of the molecule is Cc1cc(F)c2c(c1)C(C)(C)Oc1cc(O)cc(F)c1-2.Cc1ccc2c(c1)C(C)Oc1cc(O)cc(F)c1-2. The molecule has 7 heteroatoms. The number of phenols is 2. The van der Waals surface area contributed by atoms with Crippen molar-refractivity contribution < 1.29 is 32.9 Å². The lowest BCUT2D eigenvalue weighted by Crippen LogP contribution is -2.30. The van der Waals surface area contributed by atoms with E-state index in [0.717, 1.165) is 34.4 Å². The van der Waals surface area contributed by atoms with E-state index in [1.807, 2.05) is 32.0 Å². The van der Waals surface area contributed by atoms with E-state index in [2.05, 4.69) is 0 Å². The molecular formula is C31H27F3O4. The highest BCUT2D eigenvalue weighted by molar-refractivity contribution is 5.79. The van der Waals surface area contributed by atoms with Crippen LogP contribution in [0.4, 0.5) is 13.2 Å². The number of fused-ring (bicyclic) bond motifs is 6. The highest BCUT2D eigenvalue weighted by atomic mass is 19.1. The number of aromatic hydroxyl groups is 2. The smallest absolute Gasteiger partial charge is 0.138 e. The molecule has 4 aromatic carbocycles. The Bertz CT molecular complexity index is 1590. The van der Waals surface area contributed by atoms with Crippen LogP contribution in [-0.4, -0.2) is 10.2 Å². The Labute approximate surface area is 218 Å². The molecule has 4 nitrogen and oxygen atoms in total. The van der Waals surface area contributed by atoms with Gasteiger partial charge in [0.1, 0.15) is 52.2 Å². The van der Waals surface area contributed by atoms with E-state index in [0.29, 0.717) is 16.9 Å². The summed E-state index contributed by atoms with van der Waals surface area (Å²) >= 11 is 0. The number of benzene rings is 4. The Kier molecular flexibility index (Phi) is 6.05. The standard InChI is InChI=1S/C16H14F2O2.C15H13FO2/c1-8-4-10-14(11(17)5-8)15-12(18)6-9(19)7-13(15)20-16(10,2)3;1-8-3-4-11-12(5-8)9(2)18-14-7-10(17)6-13(16)15(11)14/h4-7,19H,1-3H3;3-7,9,17H,1-2H3. The molecule has 0 aromatic heterocycles. The number of aryl methyl sites for hydroxylation is 2. The van der Waals surface area contributed by atoms with Crippen LogP contribution in [0.1, 0.15) is 49.1 Å². The highest BCUT2D eigenvalue weighted by Crippen LogP contribution is 2.49. The van der Waals surface area contributed by atoms with Gasteiger partial charge in [-0.3, -0.25) is 0 Å².